The second-order valence-corrected chi connectivity index (χ2v) is 6.75. The highest BCUT2D eigenvalue weighted by Crippen LogP contribution is 2.33. The van der Waals surface area contributed by atoms with Gasteiger partial charge in [-0.3, -0.25) is 4.79 Å². The van der Waals surface area contributed by atoms with Crippen molar-refractivity contribution in [1.82, 2.24) is 0 Å². The number of ether oxygens (including phenoxy) is 2. The van der Waals surface area contributed by atoms with E-state index in [0.29, 0.717) is 22.1 Å². The summed E-state index contributed by atoms with van der Waals surface area (Å²) in [7, 11) is 3.20. The lowest BCUT2D eigenvalue weighted by atomic mass is 9.97. The summed E-state index contributed by atoms with van der Waals surface area (Å²) in [4.78, 5) is 12.9. The monoisotopic (exact) mass is 395 g/mol. The number of carbonyl (C=O) groups is 1. The van der Waals surface area contributed by atoms with Gasteiger partial charge in [0.2, 0.25) is 0 Å². The van der Waals surface area contributed by atoms with Gasteiger partial charge in [-0.25, -0.2) is 0 Å². The second-order valence-electron chi connectivity index (χ2n) is 6.31. The van der Waals surface area contributed by atoms with E-state index >= 15 is 0 Å². The minimum atomic E-state index is -0.231. The van der Waals surface area contributed by atoms with E-state index in [1.54, 1.807) is 38.5 Å². The summed E-state index contributed by atoms with van der Waals surface area (Å²) in [6.45, 7) is 0. The van der Waals surface area contributed by atoms with E-state index in [1.807, 2.05) is 48.5 Å². The van der Waals surface area contributed by atoms with Crippen LogP contribution in [0.2, 0.25) is 5.02 Å². The van der Waals surface area contributed by atoms with E-state index in [9.17, 15) is 4.79 Å². The van der Waals surface area contributed by atoms with Gasteiger partial charge in [0.25, 0.3) is 0 Å². The number of benzene rings is 3. The molecule has 0 aliphatic carbocycles. The summed E-state index contributed by atoms with van der Waals surface area (Å²) in [6.07, 6.45) is 0.284. The predicted molar refractivity (Wildman–Crippen MR) is 113 cm³/mol. The van der Waals surface area contributed by atoms with Crippen LogP contribution in [0.15, 0.2) is 72.8 Å². The van der Waals surface area contributed by atoms with Gasteiger partial charge in [0, 0.05) is 22.7 Å². The van der Waals surface area contributed by atoms with Gasteiger partial charge in [0.15, 0.2) is 17.3 Å². The van der Waals surface area contributed by atoms with E-state index < -0.39 is 0 Å². The highest BCUT2D eigenvalue weighted by Gasteiger charge is 2.19. The summed E-state index contributed by atoms with van der Waals surface area (Å²) in [5.74, 6) is 1.30. The van der Waals surface area contributed by atoms with Gasteiger partial charge >= 0.3 is 0 Å². The molecule has 3 aromatic rings. The predicted octanol–water partition coefficient (Wildman–Crippen LogP) is 5.78. The van der Waals surface area contributed by atoms with Crippen LogP contribution in [0.5, 0.6) is 11.5 Å². The Morgan fingerprint density at radius 3 is 2.25 bits per heavy atom. The van der Waals surface area contributed by atoms with Gasteiger partial charge in [-0.2, -0.15) is 0 Å². The normalized spacial score (nSPS) is 11.5. The molecule has 1 atom stereocenters. The smallest absolute Gasteiger partial charge is 0.165 e. The molecule has 1 N–H and O–H groups in total. The van der Waals surface area contributed by atoms with Crippen molar-refractivity contribution in [3.63, 3.8) is 0 Å². The molecule has 0 radical (unpaired) electrons. The highest BCUT2D eigenvalue weighted by molar-refractivity contribution is 6.30. The van der Waals surface area contributed by atoms with Crippen LogP contribution in [-0.2, 0) is 0 Å². The Hall–Kier alpha value is -2.98. The van der Waals surface area contributed by atoms with Crippen molar-refractivity contribution in [3.05, 3.63) is 88.9 Å². The minimum absolute atomic E-state index is 0.0277. The molecule has 1 unspecified atom stereocenters. The number of Topliss-reactive ketones (excluding diaryl/α,β-unsaturated/α-hetero) is 1. The first-order valence-electron chi connectivity index (χ1n) is 8.93. The van der Waals surface area contributed by atoms with Gasteiger partial charge in [0.1, 0.15) is 0 Å². The maximum atomic E-state index is 12.9. The molecule has 5 heteroatoms. The molecule has 0 heterocycles. The molecule has 144 valence electrons. The number of rotatable bonds is 8. The molecule has 4 nitrogen and oxygen atoms in total. The number of nitrogens with one attached hydrogen (secondary N) is 1. The fraction of sp³-hybridized carbons (Fsp3) is 0.174. The van der Waals surface area contributed by atoms with Crippen LogP contribution in [0, 0.1) is 0 Å². The minimum Gasteiger partial charge on any atom is -0.493 e. The van der Waals surface area contributed by atoms with Crippen LogP contribution in [0.25, 0.3) is 0 Å². The van der Waals surface area contributed by atoms with Crippen LogP contribution >= 0.6 is 11.6 Å². The topological polar surface area (TPSA) is 47.6 Å². The Balaban J connectivity index is 1.90. The Morgan fingerprint density at radius 2 is 1.61 bits per heavy atom. The maximum absolute atomic E-state index is 12.9. The van der Waals surface area contributed by atoms with Crippen LogP contribution in [0.1, 0.15) is 28.4 Å². The van der Waals surface area contributed by atoms with Crippen LogP contribution < -0.4 is 14.8 Å². The van der Waals surface area contributed by atoms with Crippen LogP contribution in [-0.4, -0.2) is 20.0 Å². The second kappa shape index (κ2) is 9.29. The average Bonchev–Trinajstić information content (AvgIpc) is 2.74. The van der Waals surface area contributed by atoms with E-state index in [2.05, 4.69) is 5.32 Å². The number of anilines is 1. The standard InChI is InChI=1S/C23H22ClNO3/c1-27-22-13-10-17(14-23(22)28-2)20(25-19-6-4-3-5-7-19)15-21(26)16-8-11-18(24)12-9-16/h3-14,20,25H,15H2,1-2H3. The number of hydrogen-bond donors (Lipinski definition) is 1. The fourth-order valence-electron chi connectivity index (χ4n) is 3.00. The molecule has 0 saturated heterocycles. The molecule has 0 amide bonds. The third-order valence-electron chi connectivity index (χ3n) is 4.48. The highest BCUT2D eigenvalue weighted by atomic mass is 35.5. The zero-order valence-corrected chi connectivity index (χ0v) is 16.6. The van der Waals surface area contributed by atoms with Crippen molar-refractivity contribution < 1.29 is 14.3 Å². The number of para-hydroxylation sites is 1. The number of hydrogen-bond acceptors (Lipinski definition) is 4. The molecule has 3 aromatic carbocycles. The zero-order chi connectivity index (χ0) is 19.9. The van der Waals surface area contributed by atoms with E-state index in [1.165, 1.54) is 0 Å². The van der Waals surface area contributed by atoms with Crippen molar-refractivity contribution in [2.45, 2.75) is 12.5 Å². The Morgan fingerprint density at radius 1 is 0.929 bits per heavy atom. The van der Waals surface area contributed by atoms with Gasteiger partial charge in [-0.15, -0.1) is 0 Å². The first kappa shape index (κ1) is 19.8. The van der Waals surface area contributed by atoms with Gasteiger partial charge in [-0.1, -0.05) is 35.9 Å². The summed E-state index contributed by atoms with van der Waals surface area (Å²) in [5.41, 5.74) is 2.50. The molecule has 0 saturated carbocycles. The Labute approximate surface area is 170 Å². The molecule has 0 aliphatic rings. The first-order valence-corrected chi connectivity index (χ1v) is 9.31. The molecule has 28 heavy (non-hydrogen) atoms. The van der Waals surface area contributed by atoms with Gasteiger partial charge < -0.3 is 14.8 Å². The summed E-state index contributed by atoms with van der Waals surface area (Å²) >= 11 is 5.94. The van der Waals surface area contributed by atoms with Crippen molar-refractivity contribution in [1.29, 1.82) is 0 Å². The maximum Gasteiger partial charge on any atom is 0.165 e. The zero-order valence-electron chi connectivity index (χ0n) is 15.8. The molecule has 0 bridgehead atoms. The molecular formula is C23H22ClNO3. The Kier molecular flexibility index (Phi) is 6.56. The van der Waals surface area contributed by atoms with Crippen molar-refractivity contribution in [3.8, 4) is 11.5 Å². The van der Waals surface area contributed by atoms with E-state index in [0.717, 1.165) is 11.3 Å². The number of carbonyl (C=O) groups excluding carboxylic acids is 1. The van der Waals surface area contributed by atoms with E-state index in [4.69, 9.17) is 21.1 Å². The van der Waals surface area contributed by atoms with Crippen molar-refractivity contribution in [2.75, 3.05) is 19.5 Å². The lowest BCUT2D eigenvalue weighted by Crippen LogP contribution is -2.16. The number of methoxy groups -OCH3 is 2. The quantitative estimate of drug-likeness (QED) is 0.491. The third-order valence-corrected chi connectivity index (χ3v) is 4.73. The van der Waals surface area contributed by atoms with Crippen molar-refractivity contribution in [2.24, 2.45) is 0 Å². The third kappa shape index (κ3) is 4.84. The lowest BCUT2D eigenvalue weighted by molar-refractivity contribution is 0.0976. The number of ketones is 1. The molecule has 0 spiro atoms. The van der Waals surface area contributed by atoms with E-state index in [-0.39, 0.29) is 18.2 Å². The molecule has 0 aliphatic heterocycles. The van der Waals surface area contributed by atoms with Crippen molar-refractivity contribution >= 4 is 23.1 Å². The SMILES string of the molecule is COc1ccc(C(CC(=O)c2ccc(Cl)cc2)Nc2ccccc2)cc1OC. The van der Waals surface area contributed by atoms with Gasteiger partial charge in [-0.05, 0) is 54.1 Å². The molecule has 3 rings (SSSR count). The van der Waals surface area contributed by atoms with Crippen LogP contribution in [0.3, 0.4) is 0 Å². The van der Waals surface area contributed by atoms with Crippen LogP contribution in [0.4, 0.5) is 5.69 Å². The first-order chi connectivity index (χ1) is 13.6. The molecular weight excluding hydrogens is 374 g/mol. The molecule has 0 fully saturated rings. The van der Waals surface area contributed by atoms with Gasteiger partial charge in [0.05, 0.1) is 20.3 Å². The average molecular weight is 396 g/mol. The molecule has 0 aromatic heterocycles. The summed E-state index contributed by atoms with van der Waals surface area (Å²) in [6, 6.07) is 22.2. The Bertz CT molecular complexity index is 926. The fourth-order valence-corrected chi connectivity index (χ4v) is 3.12. The largest absolute Gasteiger partial charge is 0.493 e. The summed E-state index contributed by atoms with van der Waals surface area (Å²) < 4.78 is 10.8. The lowest BCUT2D eigenvalue weighted by Gasteiger charge is -2.21. The number of halogens is 1. The summed E-state index contributed by atoms with van der Waals surface area (Å²) in [5, 5.41) is 4.06.